The van der Waals surface area contributed by atoms with Crippen molar-refractivity contribution in [1.82, 2.24) is 0 Å². The summed E-state index contributed by atoms with van der Waals surface area (Å²) in [7, 11) is 0. The van der Waals surface area contributed by atoms with Crippen molar-refractivity contribution in [1.29, 1.82) is 0 Å². The Kier molecular flexibility index (Phi) is 5.32. The Morgan fingerprint density at radius 2 is 0.742 bits per heavy atom. The van der Waals surface area contributed by atoms with E-state index in [-0.39, 0.29) is 0 Å². The molecule has 0 aliphatic rings. The van der Waals surface area contributed by atoms with E-state index in [1.54, 1.807) is 0 Å². The minimum Gasteiger partial charge on any atom is -0.355 e. The molecule has 0 atom stereocenters. The predicted molar refractivity (Wildman–Crippen MR) is 132 cm³/mol. The van der Waals surface area contributed by atoms with Crippen LogP contribution in [0.3, 0.4) is 0 Å². The van der Waals surface area contributed by atoms with Crippen molar-refractivity contribution in [2.24, 2.45) is 0 Å². The van der Waals surface area contributed by atoms with E-state index in [0.29, 0.717) is 0 Å². The number of benzene rings is 5. The van der Waals surface area contributed by atoms with Crippen LogP contribution in [0.15, 0.2) is 133 Å². The monoisotopic (exact) mass is 397 g/mol. The van der Waals surface area contributed by atoms with Crippen LogP contribution in [0.1, 0.15) is 0 Å². The fraction of sp³-hybridized carbons (Fsp3) is 0. The van der Waals surface area contributed by atoms with Crippen LogP contribution in [-0.2, 0) is 0 Å². The van der Waals surface area contributed by atoms with Crippen molar-refractivity contribution in [3.05, 3.63) is 133 Å². The van der Waals surface area contributed by atoms with Gasteiger partial charge in [0.15, 0.2) is 0 Å². The summed E-state index contributed by atoms with van der Waals surface area (Å²) in [6.45, 7) is 0. The zero-order valence-corrected chi connectivity index (χ0v) is 17.2. The van der Waals surface area contributed by atoms with Crippen LogP contribution in [0.25, 0.3) is 33.4 Å². The van der Waals surface area contributed by atoms with Gasteiger partial charge < -0.3 is 5.32 Å². The molecule has 0 saturated carbocycles. The third-order valence-corrected chi connectivity index (χ3v) is 5.50. The van der Waals surface area contributed by atoms with Crippen molar-refractivity contribution >= 4 is 11.4 Å². The van der Waals surface area contributed by atoms with E-state index < -0.39 is 0 Å². The molecule has 31 heavy (non-hydrogen) atoms. The summed E-state index contributed by atoms with van der Waals surface area (Å²) in [5, 5.41) is 3.60. The first kappa shape index (κ1) is 18.9. The van der Waals surface area contributed by atoms with Crippen molar-refractivity contribution in [3.8, 4) is 33.4 Å². The van der Waals surface area contributed by atoms with Crippen LogP contribution in [-0.4, -0.2) is 0 Å². The lowest BCUT2D eigenvalue weighted by molar-refractivity contribution is 1.52. The number of para-hydroxylation sites is 1. The second-order valence-electron chi connectivity index (χ2n) is 7.56. The van der Waals surface area contributed by atoms with Gasteiger partial charge >= 0.3 is 0 Å². The van der Waals surface area contributed by atoms with Crippen LogP contribution < -0.4 is 5.32 Å². The van der Waals surface area contributed by atoms with E-state index in [0.717, 1.165) is 11.4 Å². The van der Waals surface area contributed by atoms with E-state index in [9.17, 15) is 0 Å². The minimum absolute atomic E-state index is 1.08. The predicted octanol–water partition coefficient (Wildman–Crippen LogP) is 8.43. The second kappa shape index (κ2) is 8.73. The number of rotatable bonds is 5. The highest BCUT2D eigenvalue weighted by Crippen LogP contribution is 2.32. The molecule has 0 aromatic heterocycles. The molecule has 0 unspecified atom stereocenters. The van der Waals surface area contributed by atoms with Gasteiger partial charge in [-0.3, -0.25) is 0 Å². The van der Waals surface area contributed by atoms with E-state index in [1.807, 2.05) is 12.1 Å². The molecule has 0 spiro atoms. The summed E-state index contributed by atoms with van der Waals surface area (Å²) in [6.07, 6.45) is 0. The van der Waals surface area contributed by atoms with Crippen LogP contribution >= 0.6 is 0 Å². The normalized spacial score (nSPS) is 10.6. The summed E-state index contributed by atoms with van der Waals surface area (Å²) < 4.78 is 0. The summed E-state index contributed by atoms with van der Waals surface area (Å²) in [5.41, 5.74) is 9.47. The highest BCUT2D eigenvalue weighted by atomic mass is 14.9. The highest BCUT2D eigenvalue weighted by molar-refractivity contribution is 5.82. The Hall–Kier alpha value is -4.10. The van der Waals surface area contributed by atoms with Crippen molar-refractivity contribution in [3.63, 3.8) is 0 Å². The molecule has 148 valence electrons. The molecular weight excluding hydrogens is 374 g/mol. The number of hydrogen-bond donors (Lipinski definition) is 1. The SMILES string of the molecule is c1ccc(-c2ccc(Nc3ccccc3-c3ccc(-c4ccccc4)cc3)cc2)cc1. The summed E-state index contributed by atoms with van der Waals surface area (Å²) in [5.74, 6) is 0. The Morgan fingerprint density at radius 1 is 0.323 bits per heavy atom. The van der Waals surface area contributed by atoms with Crippen molar-refractivity contribution in [2.75, 3.05) is 5.32 Å². The van der Waals surface area contributed by atoms with Gasteiger partial charge in [-0.05, 0) is 46.0 Å². The largest absolute Gasteiger partial charge is 0.355 e. The molecule has 5 aromatic rings. The van der Waals surface area contributed by atoms with Crippen molar-refractivity contribution < 1.29 is 0 Å². The van der Waals surface area contributed by atoms with Gasteiger partial charge in [-0.15, -0.1) is 0 Å². The summed E-state index contributed by atoms with van der Waals surface area (Å²) >= 11 is 0. The van der Waals surface area contributed by atoms with Crippen LogP contribution in [0.2, 0.25) is 0 Å². The molecule has 0 aliphatic carbocycles. The van der Waals surface area contributed by atoms with Gasteiger partial charge in [0, 0.05) is 16.9 Å². The molecule has 1 nitrogen and oxygen atoms in total. The molecule has 0 fully saturated rings. The van der Waals surface area contributed by atoms with Gasteiger partial charge in [-0.2, -0.15) is 0 Å². The van der Waals surface area contributed by atoms with E-state index >= 15 is 0 Å². The number of nitrogens with one attached hydrogen (secondary N) is 1. The molecule has 0 radical (unpaired) electrons. The maximum Gasteiger partial charge on any atom is 0.0463 e. The first-order valence-corrected chi connectivity index (χ1v) is 10.5. The third-order valence-electron chi connectivity index (χ3n) is 5.50. The number of anilines is 2. The Bertz CT molecular complexity index is 1260. The third kappa shape index (κ3) is 4.26. The molecule has 5 aromatic carbocycles. The molecule has 1 N–H and O–H groups in total. The second-order valence-corrected chi connectivity index (χ2v) is 7.56. The lowest BCUT2D eigenvalue weighted by Crippen LogP contribution is -1.93. The minimum atomic E-state index is 1.08. The van der Waals surface area contributed by atoms with E-state index in [1.165, 1.54) is 33.4 Å². The zero-order chi connectivity index (χ0) is 20.9. The van der Waals surface area contributed by atoms with Crippen LogP contribution in [0, 0.1) is 0 Å². The molecule has 0 aliphatic heterocycles. The van der Waals surface area contributed by atoms with E-state index in [2.05, 4.69) is 127 Å². The highest BCUT2D eigenvalue weighted by Gasteiger charge is 2.06. The maximum atomic E-state index is 3.60. The van der Waals surface area contributed by atoms with Crippen molar-refractivity contribution in [2.45, 2.75) is 0 Å². The lowest BCUT2D eigenvalue weighted by atomic mass is 9.99. The van der Waals surface area contributed by atoms with E-state index in [4.69, 9.17) is 0 Å². The van der Waals surface area contributed by atoms with Gasteiger partial charge in [-0.1, -0.05) is 115 Å². The topological polar surface area (TPSA) is 12.0 Å². The van der Waals surface area contributed by atoms with Crippen LogP contribution in [0.4, 0.5) is 11.4 Å². The Balaban J connectivity index is 1.40. The van der Waals surface area contributed by atoms with Gasteiger partial charge in [0.1, 0.15) is 0 Å². The Labute approximate surface area is 183 Å². The average molecular weight is 398 g/mol. The van der Waals surface area contributed by atoms with Crippen LogP contribution in [0.5, 0.6) is 0 Å². The zero-order valence-electron chi connectivity index (χ0n) is 17.2. The first-order valence-electron chi connectivity index (χ1n) is 10.5. The molecule has 5 rings (SSSR count). The summed E-state index contributed by atoms with van der Waals surface area (Å²) in [6, 6.07) is 46.8. The molecular formula is C30H23N. The van der Waals surface area contributed by atoms with Gasteiger partial charge in [0.05, 0.1) is 0 Å². The molecule has 0 heterocycles. The lowest BCUT2D eigenvalue weighted by Gasteiger charge is -2.13. The van der Waals surface area contributed by atoms with Gasteiger partial charge in [-0.25, -0.2) is 0 Å². The fourth-order valence-electron chi connectivity index (χ4n) is 3.85. The quantitative estimate of drug-likeness (QED) is 0.314. The molecule has 0 amide bonds. The summed E-state index contributed by atoms with van der Waals surface area (Å²) in [4.78, 5) is 0. The fourth-order valence-corrected chi connectivity index (χ4v) is 3.85. The average Bonchev–Trinajstić information content (AvgIpc) is 2.86. The van der Waals surface area contributed by atoms with Gasteiger partial charge in [0.2, 0.25) is 0 Å². The molecule has 0 bridgehead atoms. The maximum absolute atomic E-state index is 3.60. The Morgan fingerprint density at radius 3 is 1.32 bits per heavy atom. The smallest absolute Gasteiger partial charge is 0.0463 e. The first-order chi connectivity index (χ1) is 15.4. The van der Waals surface area contributed by atoms with Gasteiger partial charge in [0.25, 0.3) is 0 Å². The number of hydrogen-bond acceptors (Lipinski definition) is 1. The molecule has 0 saturated heterocycles. The molecule has 1 heteroatoms. The standard InChI is InChI=1S/C30H23N/c1-3-9-23(10-4-1)25-15-17-27(18-16-25)29-13-7-8-14-30(29)31-28-21-19-26(20-22-28)24-11-5-2-6-12-24/h1-22,31H.